The SMILES string of the molecule is COc1ccc([C@@H](O)[C@H](N[C@H](CO)c2ccccc2)C(=O)N2CCCC2)cc1. The fourth-order valence-electron chi connectivity index (χ4n) is 3.58. The highest BCUT2D eigenvalue weighted by Gasteiger charge is 2.34. The van der Waals surface area contributed by atoms with Crippen molar-refractivity contribution in [1.82, 2.24) is 10.2 Å². The summed E-state index contributed by atoms with van der Waals surface area (Å²) < 4.78 is 5.17. The van der Waals surface area contributed by atoms with Crippen molar-refractivity contribution in [3.05, 3.63) is 65.7 Å². The number of rotatable bonds is 8. The zero-order valence-electron chi connectivity index (χ0n) is 16.1. The van der Waals surface area contributed by atoms with Crippen LogP contribution in [0.3, 0.4) is 0 Å². The Balaban J connectivity index is 1.85. The van der Waals surface area contributed by atoms with Crippen LogP contribution in [-0.2, 0) is 4.79 Å². The highest BCUT2D eigenvalue weighted by atomic mass is 16.5. The normalized spacial score (nSPS) is 17.2. The number of hydrogen-bond acceptors (Lipinski definition) is 5. The van der Waals surface area contributed by atoms with Gasteiger partial charge in [0.1, 0.15) is 17.9 Å². The number of nitrogens with one attached hydrogen (secondary N) is 1. The summed E-state index contributed by atoms with van der Waals surface area (Å²) in [5.74, 6) is 0.541. The van der Waals surface area contributed by atoms with E-state index in [1.165, 1.54) is 0 Å². The minimum absolute atomic E-state index is 0.143. The lowest BCUT2D eigenvalue weighted by Gasteiger charge is -2.31. The molecule has 0 unspecified atom stereocenters. The van der Waals surface area contributed by atoms with E-state index in [0.717, 1.165) is 18.4 Å². The van der Waals surface area contributed by atoms with Gasteiger partial charge in [0.25, 0.3) is 0 Å². The van der Waals surface area contributed by atoms with E-state index in [4.69, 9.17) is 4.74 Å². The number of nitrogens with zero attached hydrogens (tertiary/aromatic N) is 1. The molecule has 1 aliphatic heterocycles. The van der Waals surface area contributed by atoms with Gasteiger partial charge in [-0.3, -0.25) is 10.1 Å². The molecule has 0 aliphatic carbocycles. The molecule has 6 nitrogen and oxygen atoms in total. The Morgan fingerprint density at radius 1 is 1.07 bits per heavy atom. The van der Waals surface area contributed by atoms with Crippen molar-refractivity contribution in [2.45, 2.75) is 31.0 Å². The fraction of sp³-hybridized carbons (Fsp3) is 0.409. The topological polar surface area (TPSA) is 82.0 Å². The van der Waals surface area contributed by atoms with E-state index < -0.39 is 18.2 Å². The van der Waals surface area contributed by atoms with Gasteiger partial charge in [0, 0.05) is 13.1 Å². The fourth-order valence-corrected chi connectivity index (χ4v) is 3.58. The summed E-state index contributed by atoms with van der Waals surface area (Å²) in [5, 5.41) is 24.1. The number of likely N-dealkylation sites (tertiary alicyclic amines) is 1. The molecule has 2 aromatic rings. The lowest BCUT2D eigenvalue weighted by atomic mass is 9.98. The minimum Gasteiger partial charge on any atom is -0.497 e. The average Bonchev–Trinajstić information content (AvgIpc) is 3.29. The van der Waals surface area contributed by atoms with Gasteiger partial charge in [-0.25, -0.2) is 0 Å². The molecule has 6 heteroatoms. The first-order valence-corrected chi connectivity index (χ1v) is 9.66. The molecule has 1 saturated heterocycles. The molecule has 150 valence electrons. The number of carbonyl (C=O) groups excluding carboxylic acids is 1. The van der Waals surface area contributed by atoms with E-state index in [9.17, 15) is 15.0 Å². The van der Waals surface area contributed by atoms with Gasteiger partial charge in [-0.1, -0.05) is 42.5 Å². The molecule has 1 fully saturated rings. The predicted molar refractivity (Wildman–Crippen MR) is 107 cm³/mol. The van der Waals surface area contributed by atoms with Gasteiger partial charge in [0.15, 0.2) is 0 Å². The first-order valence-electron chi connectivity index (χ1n) is 9.66. The third-order valence-electron chi connectivity index (χ3n) is 5.22. The summed E-state index contributed by atoms with van der Waals surface area (Å²) in [6.07, 6.45) is 0.898. The monoisotopic (exact) mass is 384 g/mol. The first-order chi connectivity index (χ1) is 13.6. The summed E-state index contributed by atoms with van der Waals surface area (Å²) in [4.78, 5) is 14.9. The van der Waals surface area contributed by atoms with Gasteiger partial charge in [0.2, 0.25) is 5.91 Å². The van der Waals surface area contributed by atoms with Crippen LogP contribution in [-0.4, -0.2) is 53.9 Å². The van der Waals surface area contributed by atoms with E-state index in [-0.39, 0.29) is 12.5 Å². The largest absolute Gasteiger partial charge is 0.497 e. The molecule has 28 heavy (non-hydrogen) atoms. The molecule has 0 aromatic heterocycles. The molecule has 3 atom stereocenters. The van der Waals surface area contributed by atoms with Gasteiger partial charge in [-0.2, -0.15) is 0 Å². The van der Waals surface area contributed by atoms with Crippen LogP contribution in [0.2, 0.25) is 0 Å². The number of benzene rings is 2. The van der Waals surface area contributed by atoms with Crippen molar-refractivity contribution in [2.75, 3.05) is 26.8 Å². The maximum absolute atomic E-state index is 13.2. The summed E-state index contributed by atoms with van der Waals surface area (Å²) in [7, 11) is 1.58. The molecule has 0 radical (unpaired) electrons. The van der Waals surface area contributed by atoms with E-state index in [1.807, 2.05) is 30.3 Å². The molecule has 1 amide bonds. The lowest BCUT2D eigenvalue weighted by Crippen LogP contribution is -2.50. The average molecular weight is 384 g/mol. The summed E-state index contributed by atoms with van der Waals surface area (Å²) in [6, 6.07) is 15.2. The Kier molecular flexibility index (Phi) is 7.03. The van der Waals surface area contributed by atoms with Crippen LogP contribution < -0.4 is 10.1 Å². The molecular formula is C22H28N2O4. The second-order valence-corrected chi connectivity index (χ2v) is 7.04. The van der Waals surface area contributed by atoms with Crippen molar-refractivity contribution in [3.8, 4) is 5.75 Å². The van der Waals surface area contributed by atoms with Crippen molar-refractivity contribution < 1.29 is 19.7 Å². The molecule has 0 bridgehead atoms. The smallest absolute Gasteiger partial charge is 0.242 e. The number of aliphatic hydroxyl groups excluding tert-OH is 2. The second-order valence-electron chi connectivity index (χ2n) is 7.04. The summed E-state index contributed by atoms with van der Waals surface area (Å²) in [5.41, 5.74) is 1.49. The molecule has 2 aromatic carbocycles. The van der Waals surface area contributed by atoms with Crippen LogP contribution in [0, 0.1) is 0 Å². The van der Waals surface area contributed by atoms with Gasteiger partial charge in [0.05, 0.1) is 19.8 Å². The van der Waals surface area contributed by atoms with Gasteiger partial charge < -0.3 is 19.8 Å². The van der Waals surface area contributed by atoms with E-state index in [2.05, 4.69) is 5.32 Å². The van der Waals surface area contributed by atoms with Crippen LogP contribution in [0.25, 0.3) is 0 Å². The number of hydrogen-bond donors (Lipinski definition) is 3. The molecule has 0 saturated carbocycles. The third kappa shape index (κ3) is 4.70. The Labute approximate surface area is 165 Å². The maximum atomic E-state index is 13.2. The highest BCUT2D eigenvalue weighted by Crippen LogP contribution is 2.25. The van der Waals surface area contributed by atoms with E-state index in [1.54, 1.807) is 36.3 Å². The Hall–Kier alpha value is -2.41. The summed E-state index contributed by atoms with van der Waals surface area (Å²) >= 11 is 0. The van der Waals surface area contributed by atoms with Gasteiger partial charge in [-0.05, 0) is 36.1 Å². The number of amides is 1. The predicted octanol–water partition coefficient (Wildman–Crippen LogP) is 2.04. The Morgan fingerprint density at radius 3 is 2.29 bits per heavy atom. The number of methoxy groups -OCH3 is 1. The van der Waals surface area contributed by atoms with E-state index in [0.29, 0.717) is 24.4 Å². The molecular weight excluding hydrogens is 356 g/mol. The van der Waals surface area contributed by atoms with Gasteiger partial charge >= 0.3 is 0 Å². The van der Waals surface area contributed by atoms with Crippen LogP contribution in [0.5, 0.6) is 5.75 Å². The van der Waals surface area contributed by atoms with Crippen molar-refractivity contribution in [2.24, 2.45) is 0 Å². The number of ether oxygens (including phenoxy) is 1. The van der Waals surface area contributed by atoms with Crippen molar-refractivity contribution in [3.63, 3.8) is 0 Å². The van der Waals surface area contributed by atoms with Gasteiger partial charge in [-0.15, -0.1) is 0 Å². The highest BCUT2D eigenvalue weighted by molar-refractivity contribution is 5.83. The molecule has 1 aliphatic rings. The zero-order chi connectivity index (χ0) is 19.9. The standard InChI is InChI=1S/C22H28N2O4/c1-28-18-11-9-17(10-12-18)21(26)20(22(27)24-13-5-6-14-24)23-19(15-25)16-7-3-2-4-8-16/h2-4,7-12,19-21,23,25-26H,5-6,13-15H2,1H3/t19-,20+,21-/m1/s1. The Morgan fingerprint density at radius 2 is 1.71 bits per heavy atom. The lowest BCUT2D eigenvalue weighted by molar-refractivity contribution is -0.135. The zero-order valence-corrected chi connectivity index (χ0v) is 16.1. The van der Waals surface area contributed by atoms with Crippen LogP contribution in [0.4, 0.5) is 0 Å². The minimum atomic E-state index is -1.04. The van der Waals surface area contributed by atoms with Crippen LogP contribution in [0.1, 0.15) is 36.1 Å². The molecule has 3 N–H and O–H groups in total. The number of carbonyl (C=O) groups is 1. The second kappa shape index (κ2) is 9.68. The van der Waals surface area contributed by atoms with Crippen LogP contribution >= 0.6 is 0 Å². The maximum Gasteiger partial charge on any atom is 0.242 e. The Bertz CT molecular complexity index is 745. The molecule has 1 heterocycles. The van der Waals surface area contributed by atoms with Crippen LogP contribution in [0.15, 0.2) is 54.6 Å². The third-order valence-corrected chi connectivity index (χ3v) is 5.22. The van der Waals surface area contributed by atoms with Crippen molar-refractivity contribution in [1.29, 1.82) is 0 Å². The quantitative estimate of drug-likeness (QED) is 0.649. The van der Waals surface area contributed by atoms with E-state index >= 15 is 0 Å². The first kappa shape index (κ1) is 20.3. The number of aliphatic hydroxyl groups is 2. The molecule has 0 spiro atoms. The van der Waals surface area contributed by atoms with Crippen molar-refractivity contribution >= 4 is 5.91 Å². The summed E-state index contributed by atoms with van der Waals surface area (Å²) in [6.45, 7) is 1.21. The molecule has 3 rings (SSSR count).